The minimum absolute atomic E-state index is 0.0214. The van der Waals surface area contributed by atoms with Gasteiger partial charge < -0.3 is 10.6 Å². The monoisotopic (exact) mass is 407 g/mol. The second kappa shape index (κ2) is 10.3. The van der Waals surface area contributed by atoms with Crippen molar-refractivity contribution in [3.05, 3.63) is 24.3 Å². The molecule has 1 aliphatic carbocycles. The highest BCUT2D eigenvalue weighted by molar-refractivity contribution is 7.89. The summed E-state index contributed by atoms with van der Waals surface area (Å²) in [5, 5.41) is 6.08. The number of nitrogens with one attached hydrogen (secondary N) is 2. The van der Waals surface area contributed by atoms with Gasteiger partial charge >= 0.3 is 0 Å². The second-order valence-corrected chi connectivity index (χ2v) is 9.94. The quantitative estimate of drug-likeness (QED) is 0.726. The van der Waals surface area contributed by atoms with Gasteiger partial charge in [-0.25, -0.2) is 8.42 Å². The number of amides is 1. The maximum Gasteiger partial charge on any atom is 0.243 e. The van der Waals surface area contributed by atoms with E-state index in [0.29, 0.717) is 23.9 Å². The van der Waals surface area contributed by atoms with E-state index in [4.69, 9.17) is 0 Å². The Balaban J connectivity index is 1.47. The fourth-order valence-electron chi connectivity index (χ4n) is 4.07. The lowest BCUT2D eigenvalue weighted by atomic mass is 9.89. The average Bonchev–Trinajstić information content (AvgIpc) is 3.02. The van der Waals surface area contributed by atoms with Crippen LogP contribution < -0.4 is 10.6 Å². The minimum Gasteiger partial charge on any atom is -0.376 e. The van der Waals surface area contributed by atoms with Crippen LogP contribution in [0, 0.1) is 5.92 Å². The van der Waals surface area contributed by atoms with E-state index >= 15 is 0 Å². The number of hydrogen-bond donors (Lipinski definition) is 2. The first-order valence-electron chi connectivity index (χ1n) is 10.7. The van der Waals surface area contributed by atoms with Crippen LogP contribution in [0.5, 0.6) is 0 Å². The molecule has 0 bridgehead atoms. The first-order chi connectivity index (χ1) is 13.6. The fourth-order valence-corrected chi connectivity index (χ4v) is 5.59. The van der Waals surface area contributed by atoms with Gasteiger partial charge in [0.05, 0.1) is 11.4 Å². The molecule has 1 aliphatic heterocycles. The number of hydrogen-bond acceptors (Lipinski definition) is 4. The molecule has 1 aromatic rings. The maximum absolute atomic E-state index is 12.8. The van der Waals surface area contributed by atoms with Crippen LogP contribution in [0.25, 0.3) is 0 Å². The van der Waals surface area contributed by atoms with Gasteiger partial charge in [0.25, 0.3) is 0 Å². The molecule has 3 rings (SSSR count). The van der Waals surface area contributed by atoms with Crippen LogP contribution in [0.15, 0.2) is 29.2 Å². The van der Waals surface area contributed by atoms with Crippen molar-refractivity contribution in [2.24, 2.45) is 5.92 Å². The summed E-state index contributed by atoms with van der Waals surface area (Å²) in [5.74, 6) is 0.591. The molecule has 2 fully saturated rings. The molecule has 1 saturated heterocycles. The normalized spacial score (nSPS) is 19.7. The van der Waals surface area contributed by atoms with Crippen LogP contribution in [-0.2, 0) is 14.8 Å². The highest BCUT2D eigenvalue weighted by atomic mass is 32.2. The lowest BCUT2D eigenvalue weighted by Crippen LogP contribution is -2.34. The molecule has 0 atom stereocenters. The lowest BCUT2D eigenvalue weighted by Gasteiger charge is -2.21. The molecule has 1 saturated carbocycles. The van der Waals surface area contributed by atoms with Crippen molar-refractivity contribution in [1.82, 2.24) is 9.62 Å². The van der Waals surface area contributed by atoms with Crippen molar-refractivity contribution >= 4 is 21.6 Å². The third-order valence-corrected chi connectivity index (χ3v) is 7.74. The zero-order valence-electron chi connectivity index (χ0n) is 16.7. The Bertz CT molecular complexity index is 720. The van der Waals surface area contributed by atoms with E-state index in [0.717, 1.165) is 37.9 Å². The summed E-state index contributed by atoms with van der Waals surface area (Å²) in [6, 6.07) is 6.73. The number of rotatable bonds is 7. The van der Waals surface area contributed by atoms with Crippen LogP contribution in [-0.4, -0.2) is 44.8 Å². The Kier molecular flexibility index (Phi) is 7.73. The Morgan fingerprint density at radius 3 is 2.18 bits per heavy atom. The third-order valence-electron chi connectivity index (χ3n) is 5.82. The summed E-state index contributed by atoms with van der Waals surface area (Å²) in [5.41, 5.74) is 0.752. The molecule has 156 valence electrons. The number of benzene rings is 1. The highest BCUT2D eigenvalue weighted by Gasteiger charge is 2.24. The first kappa shape index (κ1) is 21.1. The molecule has 0 spiro atoms. The molecule has 1 aromatic carbocycles. The molecule has 2 N–H and O–H groups in total. The summed E-state index contributed by atoms with van der Waals surface area (Å²) in [4.78, 5) is 12.4. The van der Waals surface area contributed by atoms with Crippen molar-refractivity contribution in [2.45, 2.75) is 62.7 Å². The van der Waals surface area contributed by atoms with E-state index < -0.39 is 10.0 Å². The van der Waals surface area contributed by atoms with Crippen molar-refractivity contribution in [2.75, 3.05) is 31.5 Å². The summed E-state index contributed by atoms with van der Waals surface area (Å²) in [6.45, 7) is 2.16. The van der Waals surface area contributed by atoms with Gasteiger partial charge in [0.15, 0.2) is 0 Å². The van der Waals surface area contributed by atoms with Crippen molar-refractivity contribution in [3.8, 4) is 0 Å². The number of carbonyl (C=O) groups excluding carboxylic acids is 1. The van der Waals surface area contributed by atoms with Crippen LogP contribution in [0.4, 0.5) is 5.69 Å². The average molecular weight is 408 g/mol. The van der Waals surface area contributed by atoms with Gasteiger partial charge in [-0.15, -0.1) is 0 Å². The number of nitrogens with zero attached hydrogens (tertiary/aromatic N) is 1. The zero-order chi connectivity index (χ0) is 19.8. The summed E-state index contributed by atoms with van der Waals surface area (Å²) in [6.07, 6.45) is 10.3. The number of sulfonamides is 1. The SMILES string of the molecule is O=C(CNc1ccc(S(=O)(=O)N2CCCCCC2)cc1)NCC1CCCCC1. The smallest absolute Gasteiger partial charge is 0.243 e. The van der Waals surface area contributed by atoms with E-state index in [2.05, 4.69) is 10.6 Å². The Labute approximate surface area is 169 Å². The van der Waals surface area contributed by atoms with Gasteiger partial charge in [0.1, 0.15) is 0 Å². The molecular formula is C21H33N3O3S. The first-order valence-corrected chi connectivity index (χ1v) is 12.1. The molecule has 0 unspecified atom stereocenters. The third kappa shape index (κ3) is 5.95. The van der Waals surface area contributed by atoms with Gasteiger partial charge in [0, 0.05) is 25.3 Å². The predicted octanol–water partition coefficient (Wildman–Crippen LogP) is 3.36. The molecule has 2 aliphatic rings. The molecule has 1 heterocycles. The van der Waals surface area contributed by atoms with Crippen LogP contribution >= 0.6 is 0 Å². The lowest BCUT2D eigenvalue weighted by molar-refractivity contribution is -0.119. The van der Waals surface area contributed by atoms with E-state index in [1.165, 1.54) is 32.1 Å². The fraction of sp³-hybridized carbons (Fsp3) is 0.667. The maximum atomic E-state index is 12.8. The molecule has 0 aromatic heterocycles. The Morgan fingerprint density at radius 2 is 1.54 bits per heavy atom. The predicted molar refractivity (Wildman–Crippen MR) is 112 cm³/mol. The second-order valence-electron chi connectivity index (χ2n) is 8.00. The van der Waals surface area contributed by atoms with Gasteiger partial charge in [-0.2, -0.15) is 4.31 Å². The highest BCUT2D eigenvalue weighted by Crippen LogP contribution is 2.23. The largest absolute Gasteiger partial charge is 0.376 e. The van der Waals surface area contributed by atoms with Crippen LogP contribution in [0.3, 0.4) is 0 Å². The topological polar surface area (TPSA) is 78.5 Å². The Morgan fingerprint density at radius 1 is 0.929 bits per heavy atom. The van der Waals surface area contributed by atoms with Gasteiger partial charge in [-0.1, -0.05) is 32.1 Å². The van der Waals surface area contributed by atoms with Crippen LogP contribution in [0.1, 0.15) is 57.8 Å². The minimum atomic E-state index is -3.43. The van der Waals surface area contributed by atoms with E-state index in [1.807, 2.05) is 0 Å². The van der Waals surface area contributed by atoms with Crippen LogP contribution in [0.2, 0.25) is 0 Å². The van der Waals surface area contributed by atoms with Gasteiger partial charge in [0.2, 0.25) is 15.9 Å². The number of carbonyl (C=O) groups is 1. The van der Waals surface area contributed by atoms with Crippen molar-refractivity contribution in [3.63, 3.8) is 0 Å². The van der Waals surface area contributed by atoms with Gasteiger partial charge in [-0.3, -0.25) is 4.79 Å². The number of anilines is 1. The van der Waals surface area contributed by atoms with E-state index in [1.54, 1.807) is 28.6 Å². The molecule has 7 heteroatoms. The van der Waals surface area contributed by atoms with Crippen molar-refractivity contribution in [1.29, 1.82) is 0 Å². The summed E-state index contributed by atoms with van der Waals surface area (Å²) < 4.78 is 27.2. The zero-order valence-corrected chi connectivity index (χ0v) is 17.5. The van der Waals surface area contributed by atoms with E-state index in [-0.39, 0.29) is 12.5 Å². The summed E-state index contributed by atoms with van der Waals surface area (Å²) in [7, 11) is -3.43. The molecular weight excluding hydrogens is 374 g/mol. The standard InChI is InChI=1S/C21H33N3O3S/c25-21(23-16-18-8-4-3-5-9-18)17-22-19-10-12-20(13-11-19)28(26,27)24-14-6-1-2-7-15-24/h10-13,18,22H,1-9,14-17H2,(H,23,25). The summed E-state index contributed by atoms with van der Waals surface area (Å²) >= 11 is 0. The van der Waals surface area contributed by atoms with Crippen molar-refractivity contribution < 1.29 is 13.2 Å². The molecule has 0 radical (unpaired) electrons. The van der Waals surface area contributed by atoms with E-state index in [9.17, 15) is 13.2 Å². The molecule has 28 heavy (non-hydrogen) atoms. The molecule has 1 amide bonds. The molecule has 6 nitrogen and oxygen atoms in total. The Hall–Kier alpha value is -1.60. The van der Waals surface area contributed by atoms with Gasteiger partial charge in [-0.05, 0) is 55.9 Å².